The molecule has 0 amide bonds. The Hall–Kier alpha value is -1.07. The number of hydrogen-bond donors (Lipinski definition) is 1. The molecular formula is C12H15F3N2. The van der Waals surface area contributed by atoms with Crippen molar-refractivity contribution < 1.29 is 13.2 Å². The zero-order chi connectivity index (χ0) is 12.5. The maximum atomic E-state index is 12.7. The summed E-state index contributed by atoms with van der Waals surface area (Å²) in [6.45, 7) is 0.798. The van der Waals surface area contributed by atoms with Crippen LogP contribution in [0.25, 0.3) is 0 Å². The fraction of sp³-hybridized carbons (Fsp3) is 0.500. The number of hydrogen-bond acceptors (Lipinski definition) is 2. The largest absolute Gasteiger partial charge is 0.407 e. The molecule has 0 bridgehead atoms. The predicted octanol–water partition coefficient (Wildman–Crippen LogP) is 2.15. The number of rotatable bonds is 2. The van der Waals surface area contributed by atoms with Gasteiger partial charge >= 0.3 is 6.18 Å². The number of benzene rings is 1. The smallest absolute Gasteiger partial charge is 0.317 e. The van der Waals surface area contributed by atoms with Gasteiger partial charge in [-0.2, -0.15) is 13.2 Å². The number of nitrogens with zero attached hydrogens (tertiary/aromatic N) is 1. The zero-order valence-corrected chi connectivity index (χ0v) is 9.37. The lowest BCUT2D eigenvalue weighted by molar-refractivity contribution is -0.181. The third kappa shape index (κ3) is 2.61. The van der Waals surface area contributed by atoms with Crippen LogP contribution in [-0.2, 0) is 6.54 Å². The van der Waals surface area contributed by atoms with Crippen LogP contribution in [0.1, 0.15) is 12.0 Å². The molecule has 1 unspecified atom stereocenters. The second-order valence-corrected chi connectivity index (χ2v) is 4.60. The molecule has 2 nitrogen and oxygen atoms in total. The van der Waals surface area contributed by atoms with Crippen LogP contribution in [0.4, 0.5) is 13.2 Å². The first-order chi connectivity index (χ1) is 7.91. The minimum atomic E-state index is -4.32. The highest BCUT2D eigenvalue weighted by molar-refractivity contribution is 5.15. The molecule has 94 valence electrons. The maximum absolute atomic E-state index is 12.7. The highest BCUT2D eigenvalue weighted by Crippen LogP contribution is 2.35. The van der Waals surface area contributed by atoms with Crippen molar-refractivity contribution in [3.05, 3.63) is 35.9 Å². The second-order valence-electron chi connectivity index (χ2n) is 4.60. The van der Waals surface area contributed by atoms with E-state index in [1.165, 1.54) is 0 Å². The summed E-state index contributed by atoms with van der Waals surface area (Å²) in [6, 6.07) is 9.46. The molecule has 1 saturated heterocycles. The molecule has 0 saturated carbocycles. The number of alkyl halides is 3. The highest BCUT2D eigenvalue weighted by Gasteiger charge is 2.55. The van der Waals surface area contributed by atoms with E-state index in [0.717, 1.165) is 5.56 Å². The molecule has 1 heterocycles. The lowest BCUT2D eigenvalue weighted by Crippen LogP contribution is -2.55. The Balaban J connectivity index is 1.99. The number of likely N-dealkylation sites (tertiary alicyclic amines) is 1. The van der Waals surface area contributed by atoms with E-state index in [-0.39, 0.29) is 13.0 Å². The Bertz CT molecular complexity index is 377. The first-order valence-corrected chi connectivity index (χ1v) is 5.53. The van der Waals surface area contributed by atoms with Crippen molar-refractivity contribution in [2.24, 2.45) is 5.73 Å². The molecule has 2 rings (SSSR count). The quantitative estimate of drug-likeness (QED) is 0.863. The van der Waals surface area contributed by atoms with Crippen LogP contribution < -0.4 is 5.73 Å². The van der Waals surface area contributed by atoms with Gasteiger partial charge in [-0.1, -0.05) is 30.3 Å². The first-order valence-electron chi connectivity index (χ1n) is 5.53. The molecule has 0 spiro atoms. The van der Waals surface area contributed by atoms with E-state index >= 15 is 0 Å². The average molecular weight is 244 g/mol. The van der Waals surface area contributed by atoms with Gasteiger partial charge in [0.25, 0.3) is 0 Å². The van der Waals surface area contributed by atoms with Crippen molar-refractivity contribution >= 4 is 0 Å². The average Bonchev–Trinajstić information content (AvgIpc) is 2.62. The van der Waals surface area contributed by atoms with E-state index in [1.54, 1.807) is 4.90 Å². The van der Waals surface area contributed by atoms with Crippen molar-refractivity contribution in [3.63, 3.8) is 0 Å². The Kier molecular flexibility index (Phi) is 3.14. The summed E-state index contributed by atoms with van der Waals surface area (Å²) in [4.78, 5) is 1.75. The van der Waals surface area contributed by atoms with E-state index < -0.39 is 11.7 Å². The van der Waals surface area contributed by atoms with Crippen LogP contribution in [0, 0.1) is 0 Å². The molecular weight excluding hydrogens is 229 g/mol. The summed E-state index contributed by atoms with van der Waals surface area (Å²) >= 11 is 0. The molecule has 5 heteroatoms. The molecule has 1 aromatic rings. The van der Waals surface area contributed by atoms with Crippen LogP contribution in [0.15, 0.2) is 30.3 Å². The summed E-state index contributed by atoms with van der Waals surface area (Å²) in [6.07, 6.45) is -4.35. The van der Waals surface area contributed by atoms with Gasteiger partial charge in [0.05, 0.1) is 0 Å². The lowest BCUT2D eigenvalue weighted by Gasteiger charge is -2.27. The van der Waals surface area contributed by atoms with Crippen molar-refractivity contribution in [1.29, 1.82) is 0 Å². The van der Waals surface area contributed by atoms with Crippen LogP contribution in [0.5, 0.6) is 0 Å². The summed E-state index contributed by atoms with van der Waals surface area (Å²) in [5.74, 6) is 0. The van der Waals surface area contributed by atoms with Crippen molar-refractivity contribution in [3.8, 4) is 0 Å². The van der Waals surface area contributed by atoms with Crippen LogP contribution in [0.2, 0.25) is 0 Å². The Labute approximate surface area is 98.2 Å². The van der Waals surface area contributed by atoms with Crippen LogP contribution in [-0.4, -0.2) is 29.7 Å². The van der Waals surface area contributed by atoms with Gasteiger partial charge < -0.3 is 5.73 Å². The lowest BCUT2D eigenvalue weighted by atomic mass is 10.00. The SMILES string of the molecule is NC1(C(F)(F)F)CCN(Cc2ccccc2)C1. The van der Waals surface area contributed by atoms with Crippen LogP contribution >= 0.6 is 0 Å². The molecule has 2 N–H and O–H groups in total. The molecule has 1 aliphatic heterocycles. The molecule has 0 aromatic heterocycles. The monoisotopic (exact) mass is 244 g/mol. The van der Waals surface area contributed by atoms with Gasteiger partial charge in [0.1, 0.15) is 5.54 Å². The molecule has 1 aliphatic rings. The predicted molar refractivity (Wildman–Crippen MR) is 59.3 cm³/mol. The molecule has 17 heavy (non-hydrogen) atoms. The van der Waals surface area contributed by atoms with E-state index in [1.807, 2.05) is 30.3 Å². The van der Waals surface area contributed by atoms with Crippen molar-refractivity contribution in [2.75, 3.05) is 13.1 Å². The maximum Gasteiger partial charge on any atom is 0.407 e. The Morgan fingerprint density at radius 3 is 2.41 bits per heavy atom. The second kappa shape index (κ2) is 4.31. The van der Waals surface area contributed by atoms with E-state index in [0.29, 0.717) is 13.1 Å². The fourth-order valence-electron chi connectivity index (χ4n) is 2.12. The standard InChI is InChI=1S/C12H15F3N2/c13-12(14,15)11(16)6-7-17(9-11)8-10-4-2-1-3-5-10/h1-5H,6-9,16H2. The summed E-state index contributed by atoms with van der Waals surface area (Å²) < 4.78 is 38.1. The highest BCUT2D eigenvalue weighted by atomic mass is 19.4. The Morgan fingerprint density at radius 2 is 1.88 bits per heavy atom. The third-order valence-electron chi connectivity index (χ3n) is 3.19. The van der Waals surface area contributed by atoms with E-state index in [2.05, 4.69) is 0 Å². The van der Waals surface area contributed by atoms with Crippen LogP contribution in [0.3, 0.4) is 0 Å². The molecule has 0 radical (unpaired) electrons. The summed E-state index contributed by atoms with van der Waals surface area (Å²) in [5, 5.41) is 0. The van der Waals surface area contributed by atoms with Gasteiger partial charge in [-0.15, -0.1) is 0 Å². The summed E-state index contributed by atoms with van der Waals surface area (Å²) in [7, 11) is 0. The molecule has 1 atom stereocenters. The topological polar surface area (TPSA) is 29.3 Å². The minimum absolute atomic E-state index is 0.0245. The van der Waals surface area contributed by atoms with Gasteiger partial charge in [-0.3, -0.25) is 4.90 Å². The zero-order valence-electron chi connectivity index (χ0n) is 9.37. The van der Waals surface area contributed by atoms with E-state index in [9.17, 15) is 13.2 Å². The van der Waals surface area contributed by atoms with Gasteiger partial charge in [-0.05, 0) is 12.0 Å². The van der Waals surface area contributed by atoms with Gasteiger partial charge in [-0.25, -0.2) is 0 Å². The first kappa shape index (κ1) is 12.4. The van der Waals surface area contributed by atoms with Crippen molar-refractivity contribution in [1.82, 2.24) is 4.90 Å². The Morgan fingerprint density at radius 1 is 1.24 bits per heavy atom. The fourth-order valence-corrected chi connectivity index (χ4v) is 2.12. The number of halogens is 3. The van der Waals surface area contributed by atoms with E-state index in [4.69, 9.17) is 5.73 Å². The normalized spacial score (nSPS) is 26.4. The van der Waals surface area contributed by atoms with Gasteiger partial charge in [0.2, 0.25) is 0 Å². The van der Waals surface area contributed by atoms with Crippen molar-refractivity contribution in [2.45, 2.75) is 24.7 Å². The molecule has 1 aromatic carbocycles. The number of nitrogens with two attached hydrogens (primary N) is 1. The molecule has 0 aliphatic carbocycles. The molecule has 1 fully saturated rings. The van der Waals surface area contributed by atoms with Gasteiger partial charge in [0, 0.05) is 19.6 Å². The third-order valence-corrected chi connectivity index (χ3v) is 3.19. The summed E-state index contributed by atoms with van der Waals surface area (Å²) in [5.41, 5.74) is 4.39. The van der Waals surface area contributed by atoms with Gasteiger partial charge in [0.15, 0.2) is 0 Å². The minimum Gasteiger partial charge on any atom is -0.317 e.